The summed E-state index contributed by atoms with van der Waals surface area (Å²) in [6, 6.07) is 4.55. The molecule has 1 atom stereocenters. The second kappa shape index (κ2) is 7.92. The first-order chi connectivity index (χ1) is 9.45. The Bertz CT molecular complexity index is 530. The normalized spacial score (nSPS) is 12.2. The van der Waals surface area contributed by atoms with E-state index < -0.39 is 6.04 Å². The van der Waals surface area contributed by atoms with Crippen LogP contribution in [0.1, 0.15) is 19.4 Å². The van der Waals surface area contributed by atoms with E-state index in [0.717, 1.165) is 0 Å². The molecule has 0 unspecified atom stereocenters. The Labute approximate surface area is 128 Å². The van der Waals surface area contributed by atoms with Gasteiger partial charge >= 0.3 is 0 Å². The second-order valence-corrected chi connectivity index (χ2v) is 4.89. The number of benzene rings is 1. The highest BCUT2D eigenvalue weighted by molar-refractivity contribution is 6.42. The summed E-state index contributed by atoms with van der Waals surface area (Å²) in [5, 5.41) is 5.99. The smallest absolute Gasteiger partial charge is 0.244 e. The molecular weight excluding hydrogens is 299 g/mol. The molecule has 1 aromatic rings. The van der Waals surface area contributed by atoms with Crippen molar-refractivity contribution in [3.63, 3.8) is 0 Å². The van der Waals surface area contributed by atoms with Crippen LogP contribution in [0.25, 0.3) is 6.08 Å². The predicted molar refractivity (Wildman–Crippen MR) is 81.8 cm³/mol. The molecule has 0 fully saturated rings. The first-order valence-electron chi connectivity index (χ1n) is 6.16. The molecule has 4 nitrogen and oxygen atoms in total. The lowest BCUT2D eigenvalue weighted by Gasteiger charge is -2.11. The molecule has 2 N–H and O–H groups in total. The van der Waals surface area contributed by atoms with Crippen LogP contribution in [0.2, 0.25) is 10.0 Å². The van der Waals surface area contributed by atoms with Gasteiger partial charge in [-0.25, -0.2) is 0 Å². The van der Waals surface area contributed by atoms with Crippen molar-refractivity contribution in [2.24, 2.45) is 0 Å². The average molecular weight is 315 g/mol. The van der Waals surface area contributed by atoms with Gasteiger partial charge in [0.25, 0.3) is 0 Å². The Balaban J connectivity index is 2.64. The SMILES string of the molecule is CCNC(=O)[C@H](C)NC(=O)/C=C/c1cccc(Cl)c1Cl. The number of nitrogens with one attached hydrogen (secondary N) is 2. The summed E-state index contributed by atoms with van der Waals surface area (Å²) in [5.74, 6) is -0.602. The van der Waals surface area contributed by atoms with Crippen LogP contribution >= 0.6 is 23.2 Å². The van der Waals surface area contributed by atoms with Gasteiger partial charge in [-0.15, -0.1) is 0 Å². The van der Waals surface area contributed by atoms with E-state index in [1.807, 2.05) is 6.92 Å². The highest BCUT2D eigenvalue weighted by atomic mass is 35.5. The fourth-order valence-corrected chi connectivity index (χ4v) is 1.84. The Morgan fingerprint density at radius 1 is 1.35 bits per heavy atom. The van der Waals surface area contributed by atoms with Crippen molar-refractivity contribution in [3.8, 4) is 0 Å². The summed E-state index contributed by atoms with van der Waals surface area (Å²) in [6.07, 6.45) is 2.86. The Hall–Kier alpha value is -1.52. The van der Waals surface area contributed by atoms with Gasteiger partial charge in [0.15, 0.2) is 0 Å². The van der Waals surface area contributed by atoms with E-state index >= 15 is 0 Å². The van der Waals surface area contributed by atoms with Gasteiger partial charge in [-0.05, 0) is 31.6 Å². The molecule has 0 heterocycles. The molecule has 0 aromatic heterocycles. The molecule has 2 amide bonds. The van der Waals surface area contributed by atoms with Crippen molar-refractivity contribution in [2.45, 2.75) is 19.9 Å². The van der Waals surface area contributed by atoms with Gasteiger partial charge < -0.3 is 10.6 Å². The van der Waals surface area contributed by atoms with Gasteiger partial charge in [-0.3, -0.25) is 9.59 Å². The lowest BCUT2D eigenvalue weighted by molar-refractivity contribution is -0.126. The lowest BCUT2D eigenvalue weighted by Crippen LogP contribution is -2.44. The number of hydrogen-bond acceptors (Lipinski definition) is 2. The Kier molecular flexibility index (Phi) is 6.55. The summed E-state index contributed by atoms with van der Waals surface area (Å²) in [7, 11) is 0. The third kappa shape index (κ3) is 4.87. The minimum atomic E-state index is -0.595. The van der Waals surface area contributed by atoms with Crippen molar-refractivity contribution in [1.29, 1.82) is 0 Å². The number of likely N-dealkylation sites (N-methyl/N-ethyl adjacent to an activating group) is 1. The second-order valence-electron chi connectivity index (χ2n) is 4.10. The number of rotatable bonds is 5. The van der Waals surface area contributed by atoms with Crippen LogP contribution in [0, 0.1) is 0 Å². The van der Waals surface area contributed by atoms with Crippen LogP contribution in [-0.4, -0.2) is 24.4 Å². The highest BCUT2D eigenvalue weighted by Crippen LogP contribution is 2.26. The van der Waals surface area contributed by atoms with Crippen LogP contribution in [0.5, 0.6) is 0 Å². The van der Waals surface area contributed by atoms with E-state index in [0.29, 0.717) is 22.2 Å². The highest BCUT2D eigenvalue weighted by Gasteiger charge is 2.12. The van der Waals surface area contributed by atoms with E-state index in [9.17, 15) is 9.59 Å². The molecule has 1 rings (SSSR count). The topological polar surface area (TPSA) is 58.2 Å². The summed E-state index contributed by atoms with van der Waals surface area (Å²) in [5.41, 5.74) is 0.639. The zero-order chi connectivity index (χ0) is 15.1. The molecule has 0 radical (unpaired) electrons. The van der Waals surface area contributed by atoms with E-state index in [4.69, 9.17) is 23.2 Å². The van der Waals surface area contributed by atoms with Crippen LogP contribution in [-0.2, 0) is 9.59 Å². The fourth-order valence-electron chi connectivity index (χ4n) is 1.47. The zero-order valence-corrected chi connectivity index (χ0v) is 12.8. The van der Waals surface area contributed by atoms with Crippen LogP contribution in [0.3, 0.4) is 0 Å². The number of halogens is 2. The average Bonchev–Trinajstić information content (AvgIpc) is 2.40. The molecule has 0 saturated heterocycles. The standard InChI is InChI=1S/C14H16Cl2N2O2/c1-3-17-14(20)9(2)18-12(19)8-7-10-5-4-6-11(15)13(10)16/h4-9H,3H2,1-2H3,(H,17,20)(H,18,19)/b8-7+/t9-/m0/s1. The summed E-state index contributed by atoms with van der Waals surface area (Å²) < 4.78 is 0. The first-order valence-corrected chi connectivity index (χ1v) is 6.91. The largest absolute Gasteiger partial charge is 0.355 e. The maximum Gasteiger partial charge on any atom is 0.244 e. The lowest BCUT2D eigenvalue weighted by atomic mass is 10.2. The van der Waals surface area contributed by atoms with E-state index in [1.54, 1.807) is 31.2 Å². The van der Waals surface area contributed by atoms with Crippen LogP contribution in [0.4, 0.5) is 0 Å². The Morgan fingerprint density at radius 3 is 2.70 bits per heavy atom. The number of carbonyl (C=O) groups is 2. The molecule has 20 heavy (non-hydrogen) atoms. The van der Waals surface area contributed by atoms with E-state index in [1.165, 1.54) is 6.08 Å². The molecule has 0 spiro atoms. The molecule has 0 aliphatic rings. The summed E-state index contributed by atoms with van der Waals surface area (Å²) >= 11 is 11.9. The molecule has 1 aromatic carbocycles. The summed E-state index contributed by atoms with van der Waals surface area (Å²) in [6.45, 7) is 3.95. The van der Waals surface area contributed by atoms with Gasteiger partial charge in [-0.2, -0.15) is 0 Å². The van der Waals surface area contributed by atoms with Crippen molar-refractivity contribution in [2.75, 3.05) is 6.54 Å². The van der Waals surface area contributed by atoms with Crippen LogP contribution < -0.4 is 10.6 Å². The minimum absolute atomic E-state index is 0.227. The van der Waals surface area contributed by atoms with Crippen molar-refractivity contribution in [1.82, 2.24) is 10.6 Å². The summed E-state index contributed by atoms with van der Waals surface area (Å²) in [4.78, 5) is 23.1. The van der Waals surface area contributed by atoms with Crippen molar-refractivity contribution >= 4 is 41.1 Å². The number of hydrogen-bond donors (Lipinski definition) is 2. The predicted octanol–water partition coefficient (Wildman–Crippen LogP) is 2.65. The van der Waals surface area contributed by atoms with E-state index in [-0.39, 0.29) is 11.8 Å². The van der Waals surface area contributed by atoms with Gasteiger partial charge in [0, 0.05) is 12.6 Å². The molecule has 108 valence electrons. The van der Waals surface area contributed by atoms with Crippen LogP contribution in [0.15, 0.2) is 24.3 Å². The monoisotopic (exact) mass is 314 g/mol. The maximum atomic E-state index is 11.7. The molecule has 0 aliphatic carbocycles. The molecule has 0 bridgehead atoms. The first kappa shape index (κ1) is 16.5. The maximum absolute atomic E-state index is 11.7. The van der Waals surface area contributed by atoms with E-state index in [2.05, 4.69) is 10.6 Å². The van der Waals surface area contributed by atoms with Gasteiger partial charge in [0.05, 0.1) is 10.0 Å². The fraction of sp³-hybridized carbons (Fsp3) is 0.286. The molecule has 0 saturated carbocycles. The number of amides is 2. The molecular formula is C14H16Cl2N2O2. The third-order valence-corrected chi connectivity index (χ3v) is 3.33. The zero-order valence-electron chi connectivity index (χ0n) is 11.2. The quantitative estimate of drug-likeness (QED) is 0.821. The molecule has 6 heteroatoms. The van der Waals surface area contributed by atoms with Crippen molar-refractivity contribution < 1.29 is 9.59 Å². The third-order valence-electron chi connectivity index (χ3n) is 2.50. The molecule has 0 aliphatic heterocycles. The van der Waals surface area contributed by atoms with Crippen molar-refractivity contribution in [3.05, 3.63) is 39.9 Å². The van der Waals surface area contributed by atoms with Gasteiger partial charge in [0.2, 0.25) is 11.8 Å². The van der Waals surface area contributed by atoms with Gasteiger partial charge in [-0.1, -0.05) is 35.3 Å². The number of carbonyl (C=O) groups excluding carboxylic acids is 2. The Morgan fingerprint density at radius 2 is 2.05 bits per heavy atom. The minimum Gasteiger partial charge on any atom is -0.355 e. The van der Waals surface area contributed by atoms with Gasteiger partial charge in [0.1, 0.15) is 6.04 Å².